The normalized spacial score (nSPS) is 11.2. The Kier molecular flexibility index (Phi) is 7.68. The lowest BCUT2D eigenvalue weighted by Crippen LogP contribution is -2.37. The number of methoxy groups -OCH3 is 2. The average molecular weight is 476 g/mol. The van der Waals surface area contributed by atoms with Crippen LogP contribution in [0.4, 0.5) is 5.69 Å². The molecule has 1 amide bonds. The number of anilines is 1. The zero-order valence-corrected chi connectivity index (χ0v) is 19.1. The van der Waals surface area contributed by atoms with Crippen molar-refractivity contribution >= 4 is 33.2 Å². The number of hydrogen-bond donors (Lipinski definition) is 1. The van der Waals surface area contributed by atoms with Gasteiger partial charge in [0.05, 0.1) is 26.5 Å². The second kappa shape index (κ2) is 10.4. The largest absolute Gasteiger partial charge is 0.497 e. The van der Waals surface area contributed by atoms with Crippen LogP contribution in [-0.2, 0) is 21.4 Å². The van der Waals surface area contributed by atoms with Gasteiger partial charge in [-0.05, 0) is 42.0 Å². The average Bonchev–Trinajstić information content (AvgIpc) is 2.80. The number of nitrogens with one attached hydrogen (secondary N) is 1. The summed E-state index contributed by atoms with van der Waals surface area (Å²) in [5.41, 5.74) is 1.07. The van der Waals surface area contributed by atoms with Crippen LogP contribution in [-0.4, -0.2) is 44.4 Å². The number of benzene rings is 2. The van der Waals surface area contributed by atoms with Crippen LogP contribution in [0.15, 0.2) is 71.9 Å². The number of sulfonamides is 1. The summed E-state index contributed by atoms with van der Waals surface area (Å²) < 4.78 is 38.0. The van der Waals surface area contributed by atoms with E-state index in [0.717, 1.165) is 4.31 Å². The lowest BCUT2D eigenvalue weighted by Gasteiger charge is -2.22. The Morgan fingerprint density at radius 1 is 1.09 bits per heavy atom. The number of hydrogen-bond acceptors (Lipinski definition) is 6. The third-order valence-corrected chi connectivity index (χ3v) is 6.57. The van der Waals surface area contributed by atoms with E-state index in [-0.39, 0.29) is 11.4 Å². The predicted molar refractivity (Wildman–Crippen MR) is 121 cm³/mol. The Morgan fingerprint density at radius 2 is 1.84 bits per heavy atom. The van der Waals surface area contributed by atoms with Gasteiger partial charge in [-0.3, -0.25) is 9.78 Å². The highest BCUT2D eigenvalue weighted by molar-refractivity contribution is 7.89. The standard InChI is InChI=1S/C22H22ClN3O5S/c1-30-18-9-10-20(21(12-18)31-2)25-22(27)15-26(14-16-5-7-17(23)8-6-16)32(28,29)19-4-3-11-24-13-19/h3-13H,14-15H2,1-2H3,(H,25,27). The minimum Gasteiger partial charge on any atom is -0.497 e. The van der Waals surface area contributed by atoms with Crippen LogP contribution < -0.4 is 14.8 Å². The van der Waals surface area contributed by atoms with Gasteiger partial charge in [-0.25, -0.2) is 8.42 Å². The van der Waals surface area contributed by atoms with Gasteiger partial charge in [0.15, 0.2) is 0 Å². The molecule has 0 aliphatic rings. The fraction of sp³-hybridized carbons (Fsp3) is 0.182. The van der Waals surface area contributed by atoms with Crippen molar-refractivity contribution < 1.29 is 22.7 Å². The number of nitrogens with zero attached hydrogens (tertiary/aromatic N) is 2. The summed E-state index contributed by atoms with van der Waals surface area (Å²) in [6.07, 6.45) is 2.72. The maximum atomic E-state index is 13.2. The van der Waals surface area contributed by atoms with Crippen molar-refractivity contribution in [2.24, 2.45) is 0 Å². The number of carbonyl (C=O) groups excluding carboxylic acids is 1. The molecule has 32 heavy (non-hydrogen) atoms. The monoisotopic (exact) mass is 475 g/mol. The third-order valence-electron chi connectivity index (χ3n) is 4.55. The molecule has 10 heteroatoms. The second-order valence-electron chi connectivity index (χ2n) is 6.70. The predicted octanol–water partition coefficient (Wildman–Crippen LogP) is 3.58. The molecule has 0 unspecified atom stereocenters. The molecule has 0 saturated heterocycles. The molecular formula is C22H22ClN3O5S. The van der Waals surface area contributed by atoms with Crippen LogP contribution in [0.5, 0.6) is 11.5 Å². The maximum Gasteiger partial charge on any atom is 0.245 e. The molecule has 2 aromatic carbocycles. The molecule has 0 atom stereocenters. The summed E-state index contributed by atoms with van der Waals surface area (Å²) in [6.45, 7) is -0.448. The van der Waals surface area contributed by atoms with Crippen LogP contribution in [0.1, 0.15) is 5.56 Å². The minimum absolute atomic E-state index is 0.0104. The summed E-state index contributed by atoms with van der Waals surface area (Å²) in [5.74, 6) is 0.412. The SMILES string of the molecule is COc1ccc(NC(=O)CN(Cc2ccc(Cl)cc2)S(=O)(=O)c2cccnc2)c(OC)c1. The van der Waals surface area contributed by atoms with Gasteiger partial charge in [-0.2, -0.15) is 4.31 Å². The highest BCUT2D eigenvalue weighted by Crippen LogP contribution is 2.29. The van der Waals surface area contributed by atoms with Crippen LogP contribution in [0.2, 0.25) is 5.02 Å². The van der Waals surface area contributed by atoms with Crippen molar-refractivity contribution in [2.75, 3.05) is 26.1 Å². The molecule has 168 valence electrons. The van der Waals surface area contributed by atoms with E-state index in [9.17, 15) is 13.2 Å². The molecule has 0 radical (unpaired) electrons. The highest BCUT2D eigenvalue weighted by Gasteiger charge is 2.27. The minimum atomic E-state index is -4.00. The van der Waals surface area contributed by atoms with Gasteiger partial charge >= 0.3 is 0 Å². The lowest BCUT2D eigenvalue weighted by molar-refractivity contribution is -0.116. The smallest absolute Gasteiger partial charge is 0.245 e. The van der Waals surface area contributed by atoms with E-state index in [1.54, 1.807) is 42.5 Å². The zero-order chi connectivity index (χ0) is 23.1. The lowest BCUT2D eigenvalue weighted by atomic mass is 10.2. The van der Waals surface area contributed by atoms with Crippen molar-refractivity contribution in [2.45, 2.75) is 11.4 Å². The fourth-order valence-corrected chi connectivity index (χ4v) is 4.39. The van der Waals surface area contributed by atoms with Gasteiger partial charge in [0, 0.05) is 30.0 Å². The number of pyridine rings is 1. The zero-order valence-electron chi connectivity index (χ0n) is 17.5. The van der Waals surface area contributed by atoms with Crippen LogP contribution in [0.25, 0.3) is 0 Å². The molecule has 0 spiro atoms. The van der Waals surface area contributed by atoms with E-state index in [4.69, 9.17) is 21.1 Å². The van der Waals surface area contributed by atoms with E-state index >= 15 is 0 Å². The van der Waals surface area contributed by atoms with Crippen LogP contribution in [0.3, 0.4) is 0 Å². The first-order valence-electron chi connectivity index (χ1n) is 9.50. The Balaban J connectivity index is 1.86. The Bertz CT molecular complexity index is 1170. The van der Waals surface area contributed by atoms with Crippen LogP contribution in [0, 0.1) is 0 Å². The molecule has 3 aromatic rings. The molecule has 0 fully saturated rings. The Labute approximate surface area is 191 Å². The van der Waals surface area contributed by atoms with Gasteiger partial charge in [0.2, 0.25) is 15.9 Å². The van der Waals surface area contributed by atoms with E-state index in [2.05, 4.69) is 10.3 Å². The number of rotatable bonds is 9. The van der Waals surface area contributed by atoms with Crippen molar-refractivity contribution in [3.8, 4) is 11.5 Å². The van der Waals surface area contributed by atoms with E-state index in [1.807, 2.05) is 0 Å². The van der Waals surface area contributed by atoms with Crippen molar-refractivity contribution in [3.05, 3.63) is 77.6 Å². The summed E-state index contributed by atoms with van der Waals surface area (Å²) >= 11 is 5.93. The van der Waals surface area contributed by atoms with Gasteiger partial charge in [-0.15, -0.1) is 0 Å². The van der Waals surface area contributed by atoms with Gasteiger partial charge < -0.3 is 14.8 Å². The number of carbonyl (C=O) groups is 1. The molecule has 0 aliphatic carbocycles. The van der Waals surface area contributed by atoms with Crippen molar-refractivity contribution in [3.63, 3.8) is 0 Å². The van der Waals surface area contributed by atoms with Gasteiger partial charge in [0.1, 0.15) is 16.4 Å². The number of ether oxygens (including phenoxy) is 2. The number of aromatic nitrogens is 1. The molecule has 8 nitrogen and oxygen atoms in total. The topological polar surface area (TPSA) is 97.8 Å². The fourth-order valence-electron chi connectivity index (χ4n) is 2.92. The quantitative estimate of drug-likeness (QED) is 0.508. The molecule has 3 rings (SSSR count). The van der Waals surface area contributed by atoms with E-state index < -0.39 is 22.5 Å². The third kappa shape index (κ3) is 5.76. The summed E-state index contributed by atoms with van der Waals surface area (Å²) in [7, 11) is -1.02. The molecule has 1 heterocycles. The maximum absolute atomic E-state index is 13.2. The van der Waals surface area contributed by atoms with E-state index in [1.165, 1.54) is 38.7 Å². The van der Waals surface area contributed by atoms with Gasteiger partial charge in [0.25, 0.3) is 0 Å². The van der Waals surface area contributed by atoms with Gasteiger partial charge in [-0.1, -0.05) is 23.7 Å². The molecule has 0 saturated carbocycles. The second-order valence-corrected chi connectivity index (χ2v) is 9.08. The number of amides is 1. The van der Waals surface area contributed by atoms with E-state index in [0.29, 0.717) is 27.8 Å². The van der Waals surface area contributed by atoms with Crippen molar-refractivity contribution in [1.29, 1.82) is 0 Å². The van der Waals surface area contributed by atoms with Crippen LogP contribution >= 0.6 is 11.6 Å². The molecule has 1 aromatic heterocycles. The summed E-state index contributed by atoms with van der Waals surface area (Å²) in [4.78, 5) is 16.7. The molecular weight excluding hydrogens is 454 g/mol. The number of halogens is 1. The first-order chi connectivity index (χ1) is 15.3. The Morgan fingerprint density at radius 3 is 2.47 bits per heavy atom. The summed E-state index contributed by atoms with van der Waals surface area (Å²) in [5, 5.41) is 3.23. The first kappa shape index (κ1) is 23.5. The highest BCUT2D eigenvalue weighted by atomic mass is 35.5. The molecule has 1 N–H and O–H groups in total. The Hall–Kier alpha value is -3.14. The molecule has 0 bridgehead atoms. The first-order valence-corrected chi connectivity index (χ1v) is 11.3. The summed E-state index contributed by atoms with van der Waals surface area (Å²) in [6, 6.07) is 14.6. The molecule has 0 aliphatic heterocycles. The van der Waals surface area contributed by atoms with Crippen molar-refractivity contribution in [1.82, 2.24) is 9.29 Å².